The quantitative estimate of drug-likeness (QED) is 0.472. The number of aromatic hydroxyl groups is 1. The van der Waals surface area contributed by atoms with Gasteiger partial charge < -0.3 is 15.9 Å². The molecule has 1 aromatic carbocycles. The molecule has 2 unspecified atom stereocenters. The lowest BCUT2D eigenvalue weighted by Gasteiger charge is -2.52. The summed E-state index contributed by atoms with van der Waals surface area (Å²) in [5.41, 5.74) is 4.81. The molecular formula is C28H35N3O7. The van der Waals surface area contributed by atoms with E-state index >= 15 is 0 Å². The number of fused-ring (bicyclic) bond motifs is 4. The molecule has 4 N–H and O–H groups in total. The zero-order valence-electron chi connectivity index (χ0n) is 22.4. The summed E-state index contributed by atoms with van der Waals surface area (Å²) in [5, 5.41) is 22.9. The largest absolute Gasteiger partial charge is 0.507 e. The number of rotatable bonds is 4. The normalized spacial score (nSPS) is 33.2. The number of ketones is 4. The van der Waals surface area contributed by atoms with Crippen molar-refractivity contribution in [3.8, 4) is 5.75 Å². The minimum atomic E-state index is -2.70. The lowest BCUT2D eigenvalue weighted by atomic mass is 9.52. The molecule has 2 saturated carbocycles. The predicted molar refractivity (Wildman–Crippen MR) is 135 cm³/mol. The molecule has 1 aliphatic heterocycles. The van der Waals surface area contributed by atoms with Gasteiger partial charge in [0.2, 0.25) is 5.91 Å². The third-order valence-electron chi connectivity index (χ3n) is 9.68. The topological polar surface area (TPSA) is 158 Å². The van der Waals surface area contributed by atoms with Gasteiger partial charge in [-0.2, -0.15) is 0 Å². The molecule has 1 heterocycles. The summed E-state index contributed by atoms with van der Waals surface area (Å²) < 4.78 is 0. The summed E-state index contributed by atoms with van der Waals surface area (Å²) in [7, 11) is 3.14. The van der Waals surface area contributed by atoms with Crippen LogP contribution in [0.3, 0.4) is 0 Å². The summed E-state index contributed by atoms with van der Waals surface area (Å²) in [6, 6.07) is 0.828. The van der Waals surface area contributed by atoms with Crippen molar-refractivity contribution in [3.05, 3.63) is 28.3 Å². The summed E-state index contributed by atoms with van der Waals surface area (Å²) in [6.07, 6.45) is 1.23. The van der Waals surface area contributed by atoms with Crippen molar-refractivity contribution in [1.29, 1.82) is 0 Å². The second-order valence-corrected chi connectivity index (χ2v) is 12.2. The maximum absolute atomic E-state index is 13.9. The second-order valence-electron chi connectivity index (χ2n) is 12.2. The number of carbonyl (C=O) groups excluding carboxylic acids is 5. The van der Waals surface area contributed by atoms with E-state index in [-0.39, 0.29) is 29.7 Å². The Kier molecular flexibility index (Phi) is 5.98. The highest BCUT2D eigenvalue weighted by molar-refractivity contribution is 6.32. The van der Waals surface area contributed by atoms with Gasteiger partial charge >= 0.3 is 0 Å². The highest BCUT2D eigenvalue weighted by Crippen LogP contribution is 2.52. The monoisotopic (exact) mass is 525 g/mol. The van der Waals surface area contributed by atoms with Crippen LogP contribution in [0, 0.1) is 23.7 Å². The number of hydrogen-bond acceptors (Lipinski definition) is 9. The Bertz CT molecular complexity index is 1300. The number of phenolic OH excluding ortho intramolecular Hbond substituents is 1. The van der Waals surface area contributed by atoms with Crippen molar-refractivity contribution in [3.63, 3.8) is 0 Å². The van der Waals surface area contributed by atoms with E-state index in [1.807, 2.05) is 6.07 Å². The number of nitrogens with zero attached hydrogens (tertiary/aromatic N) is 2. The Morgan fingerprint density at radius 2 is 1.82 bits per heavy atom. The molecule has 1 aromatic rings. The Balaban J connectivity index is 1.59. The molecule has 0 bridgehead atoms. The molecule has 0 spiro atoms. The molecule has 10 nitrogen and oxygen atoms in total. The molecule has 3 aliphatic carbocycles. The van der Waals surface area contributed by atoms with Crippen LogP contribution in [0.1, 0.15) is 60.7 Å². The number of hydrogen-bond donors (Lipinski definition) is 3. The van der Waals surface area contributed by atoms with Crippen LogP contribution in [0.15, 0.2) is 6.07 Å². The van der Waals surface area contributed by atoms with Crippen molar-refractivity contribution in [2.24, 2.45) is 29.4 Å². The summed E-state index contributed by atoms with van der Waals surface area (Å²) in [4.78, 5) is 70.0. The van der Waals surface area contributed by atoms with E-state index in [2.05, 4.69) is 25.7 Å². The van der Waals surface area contributed by atoms with Crippen molar-refractivity contribution < 1.29 is 34.2 Å². The Labute approximate surface area is 221 Å². The van der Waals surface area contributed by atoms with Gasteiger partial charge in [-0.15, -0.1) is 0 Å². The number of phenols is 1. The van der Waals surface area contributed by atoms with Gasteiger partial charge in [0.25, 0.3) is 0 Å². The van der Waals surface area contributed by atoms with Crippen molar-refractivity contribution in [1.82, 2.24) is 9.80 Å². The Morgan fingerprint density at radius 3 is 2.39 bits per heavy atom. The number of carbonyl (C=O) groups is 5. The van der Waals surface area contributed by atoms with Gasteiger partial charge in [0.1, 0.15) is 5.75 Å². The lowest BCUT2D eigenvalue weighted by molar-refractivity contribution is -0.181. The minimum absolute atomic E-state index is 0.0523. The molecule has 0 radical (unpaired) electrons. The lowest BCUT2D eigenvalue weighted by Crippen LogP contribution is -2.74. The van der Waals surface area contributed by atoms with Crippen molar-refractivity contribution >= 4 is 29.0 Å². The number of amides is 1. The number of aliphatic hydroxyl groups is 1. The molecule has 10 heteroatoms. The third kappa shape index (κ3) is 3.39. The predicted octanol–water partition coefficient (Wildman–Crippen LogP) is 0.371. The van der Waals surface area contributed by atoms with Crippen LogP contribution in [-0.4, -0.2) is 80.3 Å². The number of nitrogens with two attached hydrogens (primary N) is 1. The third-order valence-corrected chi connectivity index (χ3v) is 9.68. The molecule has 0 saturated heterocycles. The van der Waals surface area contributed by atoms with Gasteiger partial charge in [-0.25, -0.2) is 0 Å². The number of primary amides is 1. The van der Waals surface area contributed by atoms with Gasteiger partial charge in [-0.05, 0) is 64.3 Å². The standard InChI is InChI=1S/C28H35N3O7/c1-6-27(2,3)31-10-14-8-12-7-13-9-16-20(30(4)5)23(34)19(26(29)37)25(36)28(16,38)24(35)18(13)22(33)17(12)21(32)15(14)11-31/h8,13,16,18-20,32,38H,6-7,9-11H2,1-5H3,(H2,29,37)/t13-,16-,18?,19?,20-,28-/m0/s1. The average molecular weight is 526 g/mol. The fourth-order valence-electron chi connectivity index (χ4n) is 7.18. The van der Waals surface area contributed by atoms with Gasteiger partial charge in [-0.1, -0.05) is 13.0 Å². The number of likely N-dealkylation sites (N-methyl/N-ethyl adjacent to an activating group) is 1. The van der Waals surface area contributed by atoms with Crippen molar-refractivity contribution in [2.75, 3.05) is 14.1 Å². The molecule has 0 aromatic heterocycles. The van der Waals surface area contributed by atoms with E-state index in [0.29, 0.717) is 24.2 Å². The maximum Gasteiger partial charge on any atom is 0.235 e. The summed E-state index contributed by atoms with van der Waals surface area (Å²) in [6.45, 7) is 7.42. The van der Waals surface area contributed by atoms with Gasteiger partial charge in [0.05, 0.1) is 17.5 Å². The van der Waals surface area contributed by atoms with Crippen LogP contribution in [-0.2, 0) is 38.7 Å². The number of Topliss-reactive ketones (excluding diaryl/α,β-unsaturated/α-hetero) is 4. The minimum Gasteiger partial charge on any atom is -0.507 e. The van der Waals surface area contributed by atoms with Crippen LogP contribution in [0.2, 0.25) is 0 Å². The fraction of sp³-hybridized carbons (Fsp3) is 0.607. The Hall–Kier alpha value is -2.95. The van der Waals surface area contributed by atoms with Gasteiger partial charge in [0, 0.05) is 30.1 Å². The van der Waals surface area contributed by atoms with E-state index < -0.39 is 64.4 Å². The van der Waals surface area contributed by atoms with Crippen LogP contribution >= 0.6 is 0 Å². The fourth-order valence-corrected chi connectivity index (χ4v) is 7.18. The first-order valence-corrected chi connectivity index (χ1v) is 13.1. The van der Waals surface area contributed by atoms with Gasteiger partial charge in [0.15, 0.2) is 34.7 Å². The van der Waals surface area contributed by atoms with Crippen LogP contribution < -0.4 is 5.73 Å². The number of benzene rings is 1. The van der Waals surface area contributed by atoms with Crippen LogP contribution in [0.25, 0.3) is 0 Å². The van der Waals surface area contributed by atoms with Crippen molar-refractivity contribution in [2.45, 2.75) is 70.3 Å². The van der Waals surface area contributed by atoms with Crippen LogP contribution in [0.5, 0.6) is 5.75 Å². The molecule has 1 amide bonds. The van der Waals surface area contributed by atoms with E-state index in [0.717, 1.165) is 12.0 Å². The highest BCUT2D eigenvalue weighted by atomic mass is 16.3. The molecule has 5 rings (SSSR count). The first-order valence-electron chi connectivity index (χ1n) is 13.1. The molecule has 2 fully saturated rings. The molecule has 204 valence electrons. The van der Waals surface area contributed by atoms with E-state index in [1.165, 1.54) is 4.90 Å². The molecular weight excluding hydrogens is 490 g/mol. The average Bonchev–Trinajstić information content (AvgIpc) is 3.26. The zero-order chi connectivity index (χ0) is 28.1. The zero-order valence-corrected chi connectivity index (χ0v) is 22.4. The first kappa shape index (κ1) is 26.6. The second kappa shape index (κ2) is 8.53. The SMILES string of the molecule is CCC(C)(C)N1Cc2cc3c(c(O)c2C1)C(=O)C1C(=O)[C@]2(O)C(=O)C(C(N)=O)C(=O)[C@@H](N(C)C)[C@@H]2C[C@@H]1C3. The molecule has 38 heavy (non-hydrogen) atoms. The first-order chi connectivity index (χ1) is 17.7. The smallest absolute Gasteiger partial charge is 0.235 e. The summed E-state index contributed by atoms with van der Waals surface area (Å²) in [5.74, 6) is -10.1. The van der Waals surface area contributed by atoms with E-state index in [4.69, 9.17) is 5.73 Å². The van der Waals surface area contributed by atoms with Crippen LogP contribution in [0.4, 0.5) is 0 Å². The van der Waals surface area contributed by atoms with E-state index in [1.54, 1.807) is 14.1 Å². The molecule has 4 aliphatic rings. The van der Waals surface area contributed by atoms with Gasteiger partial charge in [-0.3, -0.25) is 33.8 Å². The highest BCUT2D eigenvalue weighted by Gasteiger charge is 2.69. The summed E-state index contributed by atoms with van der Waals surface area (Å²) >= 11 is 0. The van der Waals surface area contributed by atoms with E-state index in [9.17, 15) is 34.2 Å². The Morgan fingerprint density at radius 1 is 1.16 bits per heavy atom. The molecule has 6 atom stereocenters. The maximum atomic E-state index is 13.9.